The Morgan fingerprint density at radius 3 is 2.86 bits per heavy atom. The first-order valence-electron chi connectivity index (χ1n) is 4.99. The van der Waals surface area contributed by atoms with E-state index >= 15 is 0 Å². The molecule has 0 aromatic heterocycles. The Kier molecular flexibility index (Phi) is 4.39. The van der Waals surface area contributed by atoms with E-state index in [2.05, 4.69) is 19.1 Å². The van der Waals surface area contributed by atoms with E-state index in [-0.39, 0.29) is 12.0 Å². The SMILES string of the molecule is CCCC1C(C#N)CON1CCC#N. The molecule has 0 aromatic rings. The summed E-state index contributed by atoms with van der Waals surface area (Å²) in [6.07, 6.45) is 2.46. The van der Waals surface area contributed by atoms with Crippen molar-refractivity contribution in [2.75, 3.05) is 13.2 Å². The third-order valence-corrected chi connectivity index (χ3v) is 2.45. The van der Waals surface area contributed by atoms with Crippen LogP contribution in [0.1, 0.15) is 26.2 Å². The number of nitriles is 2. The average Bonchev–Trinajstić information content (AvgIpc) is 2.58. The minimum Gasteiger partial charge on any atom is -0.297 e. The number of nitrogens with zero attached hydrogens (tertiary/aromatic N) is 3. The zero-order valence-electron chi connectivity index (χ0n) is 8.44. The maximum absolute atomic E-state index is 8.88. The van der Waals surface area contributed by atoms with Crippen molar-refractivity contribution >= 4 is 0 Å². The van der Waals surface area contributed by atoms with Gasteiger partial charge in [-0.25, -0.2) is 0 Å². The van der Waals surface area contributed by atoms with Crippen LogP contribution in [0.2, 0.25) is 0 Å². The van der Waals surface area contributed by atoms with E-state index in [0.29, 0.717) is 19.6 Å². The van der Waals surface area contributed by atoms with E-state index in [4.69, 9.17) is 15.4 Å². The van der Waals surface area contributed by atoms with Crippen LogP contribution in [0.5, 0.6) is 0 Å². The topological polar surface area (TPSA) is 60.0 Å². The molecular weight excluding hydrogens is 178 g/mol. The van der Waals surface area contributed by atoms with Gasteiger partial charge in [-0.3, -0.25) is 4.84 Å². The molecule has 0 aromatic carbocycles. The van der Waals surface area contributed by atoms with Crippen molar-refractivity contribution in [2.24, 2.45) is 5.92 Å². The summed E-state index contributed by atoms with van der Waals surface area (Å²) >= 11 is 0. The van der Waals surface area contributed by atoms with Crippen molar-refractivity contribution in [2.45, 2.75) is 32.2 Å². The van der Waals surface area contributed by atoms with Gasteiger partial charge in [0, 0.05) is 6.54 Å². The van der Waals surface area contributed by atoms with Gasteiger partial charge in [-0.2, -0.15) is 15.6 Å². The van der Waals surface area contributed by atoms with Crippen molar-refractivity contribution in [1.29, 1.82) is 10.5 Å². The quantitative estimate of drug-likeness (QED) is 0.678. The van der Waals surface area contributed by atoms with Crippen LogP contribution in [0, 0.1) is 28.6 Å². The molecule has 0 amide bonds. The van der Waals surface area contributed by atoms with E-state index in [1.165, 1.54) is 0 Å². The molecule has 1 heterocycles. The van der Waals surface area contributed by atoms with Crippen molar-refractivity contribution < 1.29 is 4.84 Å². The first-order chi connectivity index (χ1) is 6.83. The van der Waals surface area contributed by atoms with Gasteiger partial charge in [0.05, 0.1) is 37.1 Å². The molecule has 0 N–H and O–H groups in total. The van der Waals surface area contributed by atoms with Gasteiger partial charge >= 0.3 is 0 Å². The number of rotatable bonds is 4. The summed E-state index contributed by atoms with van der Waals surface area (Å²) < 4.78 is 0. The van der Waals surface area contributed by atoms with Crippen LogP contribution in [0.3, 0.4) is 0 Å². The number of hydrogen-bond donors (Lipinski definition) is 0. The second-order valence-corrected chi connectivity index (χ2v) is 3.44. The molecule has 0 spiro atoms. The molecule has 0 aliphatic carbocycles. The highest BCUT2D eigenvalue weighted by Gasteiger charge is 2.34. The first-order valence-corrected chi connectivity index (χ1v) is 4.99. The van der Waals surface area contributed by atoms with Crippen LogP contribution < -0.4 is 0 Å². The lowest BCUT2D eigenvalue weighted by Crippen LogP contribution is -2.32. The molecule has 2 atom stereocenters. The minimum absolute atomic E-state index is 0.0337. The van der Waals surface area contributed by atoms with E-state index < -0.39 is 0 Å². The van der Waals surface area contributed by atoms with Crippen molar-refractivity contribution in [3.8, 4) is 12.1 Å². The Balaban J connectivity index is 2.51. The van der Waals surface area contributed by atoms with Gasteiger partial charge in [0.2, 0.25) is 0 Å². The normalized spacial score (nSPS) is 27.1. The highest BCUT2D eigenvalue weighted by molar-refractivity contribution is 4.95. The fourth-order valence-corrected chi connectivity index (χ4v) is 1.74. The lowest BCUT2D eigenvalue weighted by atomic mass is 9.99. The lowest BCUT2D eigenvalue weighted by Gasteiger charge is -2.21. The van der Waals surface area contributed by atoms with Gasteiger partial charge < -0.3 is 0 Å². The second kappa shape index (κ2) is 5.59. The molecule has 4 heteroatoms. The molecule has 1 fully saturated rings. The summed E-state index contributed by atoms with van der Waals surface area (Å²) in [5.41, 5.74) is 0. The molecule has 2 unspecified atom stereocenters. The Morgan fingerprint density at radius 2 is 2.29 bits per heavy atom. The van der Waals surface area contributed by atoms with E-state index in [9.17, 15) is 0 Å². The van der Waals surface area contributed by atoms with E-state index in [0.717, 1.165) is 12.8 Å². The Bertz CT molecular complexity index is 253. The standard InChI is InChI=1S/C10H15N3O/c1-2-4-10-9(7-12)8-14-13(10)6-3-5-11/h9-10H,2-4,6,8H2,1H3. The summed E-state index contributed by atoms with van der Waals surface area (Å²) in [7, 11) is 0. The fourth-order valence-electron chi connectivity index (χ4n) is 1.74. The molecule has 1 aliphatic heterocycles. The third-order valence-electron chi connectivity index (χ3n) is 2.45. The molecule has 4 nitrogen and oxygen atoms in total. The van der Waals surface area contributed by atoms with Crippen LogP contribution >= 0.6 is 0 Å². The van der Waals surface area contributed by atoms with Crippen molar-refractivity contribution in [1.82, 2.24) is 5.06 Å². The molecular formula is C10H15N3O. The van der Waals surface area contributed by atoms with E-state index in [1.54, 1.807) is 5.06 Å². The van der Waals surface area contributed by atoms with Crippen LogP contribution in [0.15, 0.2) is 0 Å². The predicted molar refractivity (Wildman–Crippen MR) is 50.7 cm³/mol. The highest BCUT2D eigenvalue weighted by Crippen LogP contribution is 2.24. The Morgan fingerprint density at radius 1 is 1.50 bits per heavy atom. The smallest absolute Gasteiger partial charge is 0.0895 e. The zero-order valence-corrected chi connectivity index (χ0v) is 8.44. The summed E-state index contributed by atoms with van der Waals surface area (Å²) in [4.78, 5) is 5.38. The van der Waals surface area contributed by atoms with E-state index in [1.807, 2.05) is 0 Å². The van der Waals surface area contributed by atoms with Gasteiger partial charge in [0.25, 0.3) is 0 Å². The summed E-state index contributed by atoms with van der Waals surface area (Å²) in [5.74, 6) is -0.0337. The van der Waals surface area contributed by atoms with Crippen LogP contribution in [0.25, 0.3) is 0 Å². The first kappa shape index (κ1) is 11.0. The maximum atomic E-state index is 8.88. The van der Waals surface area contributed by atoms with Crippen molar-refractivity contribution in [3.05, 3.63) is 0 Å². The summed E-state index contributed by atoms with van der Waals surface area (Å²) in [6.45, 7) is 3.18. The maximum Gasteiger partial charge on any atom is 0.0895 e. The lowest BCUT2D eigenvalue weighted by molar-refractivity contribution is -0.131. The minimum atomic E-state index is -0.0337. The molecule has 1 saturated heterocycles. The number of hydroxylamine groups is 2. The monoisotopic (exact) mass is 193 g/mol. The summed E-state index contributed by atoms with van der Waals surface area (Å²) in [6, 6.07) is 4.52. The molecule has 0 saturated carbocycles. The van der Waals surface area contributed by atoms with Crippen molar-refractivity contribution in [3.63, 3.8) is 0 Å². The molecule has 1 rings (SSSR count). The second-order valence-electron chi connectivity index (χ2n) is 3.44. The highest BCUT2D eigenvalue weighted by atomic mass is 16.7. The molecule has 76 valence electrons. The van der Waals surface area contributed by atoms with Crippen LogP contribution in [-0.4, -0.2) is 24.3 Å². The average molecular weight is 193 g/mol. The Hall–Kier alpha value is -1.10. The van der Waals surface area contributed by atoms with Crippen LogP contribution in [-0.2, 0) is 4.84 Å². The Labute approximate surface area is 84.6 Å². The fraction of sp³-hybridized carbons (Fsp3) is 0.800. The van der Waals surface area contributed by atoms with Gasteiger partial charge in [-0.05, 0) is 6.42 Å². The summed E-state index contributed by atoms with van der Waals surface area (Å²) in [5, 5.41) is 19.2. The van der Waals surface area contributed by atoms with Gasteiger partial charge in [0.1, 0.15) is 0 Å². The zero-order chi connectivity index (χ0) is 10.4. The molecule has 0 bridgehead atoms. The molecule has 0 radical (unpaired) electrons. The molecule has 14 heavy (non-hydrogen) atoms. The predicted octanol–water partition coefficient (Wildman–Crippen LogP) is 1.46. The largest absolute Gasteiger partial charge is 0.297 e. The van der Waals surface area contributed by atoms with Gasteiger partial charge in [-0.1, -0.05) is 13.3 Å². The van der Waals surface area contributed by atoms with Gasteiger partial charge in [0.15, 0.2) is 0 Å². The van der Waals surface area contributed by atoms with Crippen LogP contribution in [0.4, 0.5) is 0 Å². The number of hydrogen-bond acceptors (Lipinski definition) is 4. The third kappa shape index (κ3) is 2.45. The molecule has 1 aliphatic rings. The van der Waals surface area contributed by atoms with Gasteiger partial charge in [-0.15, -0.1) is 0 Å².